The summed E-state index contributed by atoms with van der Waals surface area (Å²) in [5.41, 5.74) is 2.01. The average molecular weight is 371 g/mol. The largest absolute Gasteiger partial charge is 0.480 e. The molecule has 6 nitrogen and oxygen atoms in total. The highest BCUT2D eigenvalue weighted by molar-refractivity contribution is 5.97. The van der Waals surface area contributed by atoms with Gasteiger partial charge in [0.2, 0.25) is 0 Å². The van der Waals surface area contributed by atoms with Crippen molar-refractivity contribution in [3.63, 3.8) is 0 Å². The zero-order valence-corrected chi connectivity index (χ0v) is 15.4. The SMILES string of the molecule is Cc1cc(C)n(-c2ccc(C(=O)N3CC4CCCC4C3C(=O)O)cc2F)n1. The number of carbonyl (C=O) groups is 2. The van der Waals surface area contributed by atoms with Gasteiger partial charge in [0, 0.05) is 17.8 Å². The first-order chi connectivity index (χ1) is 12.9. The first kappa shape index (κ1) is 17.7. The zero-order chi connectivity index (χ0) is 19.3. The van der Waals surface area contributed by atoms with E-state index in [9.17, 15) is 19.1 Å². The van der Waals surface area contributed by atoms with Crippen molar-refractivity contribution in [1.82, 2.24) is 14.7 Å². The van der Waals surface area contributed by atoms with E-state index >= 15 is 0 Å². The summed E-state index contributed by atoms with van der Waals surface area (Å²) in [5.74, 6) is -1.72. The van der Waals surface area contributed by atoms with Crippen LogP contribution in [0.4, 0.5) is 4.39 Å². The molecule has 2 heterocycles. The van der Waals surface area contributed by atoms with Crippen molar-refractivity contribution in [2.75, 3.05) is 6.54 Å². The molecule has 4 rings (SSSR count). The molecular formula is C20H22FN3O3. The van der Waals surface area contributed by atoms with E-state index in [1.165, 1.54) is 21.7 Å². The molecule has 1 aliphatic carbocycles. The molecule has 142 valence electrons. The molecule has 1 aliphatic heterocycles. The summed E-state index contributed by atoms with van der Waals surface area (Å²) in [6.45, 7) is 4.09. The monoisotopic (exact) mass is 371 g/mol. The average Bonchev–Trinajstić information content (AvgIpc) is 3.27. The van der Waals surface area contributed by atoms with Crippen LogP contribution in [0.2, 0.25) is 0 Å². The summed E-state index contributed by atoms with van der Waals surface area (Å²) in [6.07, 6.45) is 2.78. The molecule has 1 amide bonds. The molecule has 0 radical (unpaired) electrons. The quantitative estimate of drug-likeness (QED) is 0.900. The number of likely N-dealkylation sites (tertiary alicyclic amines) is 1. The Bertz CT molecular complexity index is 923. The number of carboxylic acids is 1. The number of benzene rings is 1. The third-order valence-corrected chi connectivity index (χ3v) is 5.84. The van der Waals surface area contributed by atoms with Crippen molar-refractivity contribution >= 4 is 11.9 Å². The Labute approximate surface area is 156 Å². The molecule has 0 bridgehead atoms. The number of fused-ring (bicyclic) bond motifs is 1. The van der Waals surface area contributed by atoms with Gasteiger partial charge in [0.1, 0.15) is 17.5 Å². The number of carbonyl (C=O) groups excluding carboxylic acids is 1. The number of hydrogen-bond acceptors (Lipinski definition) is 3. The minimum absolute atomic E-state index is 0.00488. The first-order valence-corrected chi connectivity index (χ1v) is 9.24. The summed E-state index contributed by atoms with van der Waals surface area (Å²) >= 11 is 0. The molecule has 7 heteroatoms. The molecule has 2 aliphatic rings. The molecular weight excluding hydrogens is 349 g/mol. The lowest BCUT2D eigenvalue weighted by atomic mass is 9.94. The van der Waals surface area contributed by atoms with Crippen LogP contribution in [-0.4, -0.2) is 44.3 Å². The number of aliphatic carboxylic acids is 1. The van der Waals surface area contributed by atoms with Gasteiger partial charge in [0.25, 0.3) is 5.91 Å². The fraction of sp³-hybridized carbons (Fsp3) is 0.450. The second-order valence-electron chi connectivity index (χ2n) is 7.60. The Morgan fingerprint density at radius 1 is 1.22 bits per heavy atom. The van der Waals surface area contributed by atoms with E-state index in [1.54, 1.807) is 6.07 Å². The number of amides is 1. The van der Waals surface area contributed by atoms with Gasteiger partial charge in [0.15, 0.2) is 0 Å². The molecule has 3 atom stereocenters. The van der Waals surface area contributed by atoms with Crippen LogP contribution in [0.25, 0.3) is 5.69 Å². The van der Waals surface area contributed by atoms with Crippen LogP contribution in [-0.2, 0) is 4.79 Å². The van der Waals surface area contributed by atoms with Gasteiger partial charge in [-0.1, -0.05) is 6.42 Å². The maximum atomic E-state index is 14.7. The molecule has 27 heavy (non-hydrogen) atoms. The van der Waals surface area contributed by atoms with Gasteiger partial charge < -0.3 is 10.0 Å². The number of halogens is 1. The second kappa shape index (κ2) is 6.48. The Balaban J connectivity index is 1.64. The maximum absolute atomic E-state index is 14.7. The van der Waals surface area contributed by atoms with Crippen LogP contribution in [0.1, 0.15) is 41.0 Å². The van der Waals surface area contributed by atoms with Gasteiger partial charge in [-0.2, -0.15) is 5.10 Å². The lowest BCUT2D eigenvalue weighted by Gasteiger charge is -2.24. The lowest BCUT2D eigenvalue weighted by Crippen LogP contribution is -2.43. The molecule has 1 N–H and O–H groups in total. The summed E-state index contributed by atoms with van der Waals surface area (Å²) in [6, 6.07) is 5.28. The number of carboxylic acid groups (broad SMARTS) is 1. The van der Waals surface area contributed by atoms with E-state index in [4.69, 9.17) is 0 Å². The minimum atomic E-state index is -0.975. The minimum Gasteiger partial charge on any atom is -0.480 e. The van der Waals surface area contributed by atoms with Crippen LogP contribution in [0.15, 0.2) is 24.3 Å². The maximum Gasteiger partial charge on any atom is 0.326 e. The highest BCUT2D eigenvalue weighted by Gasteiger charge is 2.49. The predicted octanol–water partition coefficient (Wildman–Crippen LogP) is 2.95. The van der Waals surface area contributed by atoms with Crippen LogP contribution in [0.3, 0.4) is 0 Å². The smallest absolute Gasteiger partial charge is 0.326 e. The molecule has 1 aromatic carbocycles. The van der Waals surface area contributed by atoms with Crippen molar-refractivity contribution in [2.24, 2.45) is 11.8 Å². The molecule has 1 saturated carbocycles. The predicted molar refractivity (Wildman–Crippen MR) is 96.3 cm³/mol. The van der Waals surface area contributed by atoms with Crippen molar-refractivity contribution in [3.8, 4) is 5.69 Å². The van der Waals surface area contributed by atoms with Crippen molar-refractivity contribution < 1.29 is 19.1 Å². The normalized spacial score (nSPS) is 24.3. The molecule has 1 aromatic heterocycles. The Morgan fingerprint density at radius 2 is 2.00 bits per heavy atom. The topological polar surface area (TPSA) is 75.4 Å². The molecule has 1 saturated heterocycles. The van der Waals surface area contributed by atoms with E-state index in [0.717, 1.165) is 30.7 Å². The summed E-state index contributed by atoms with van der Waals surface area (Å²) in [7, 11) is 0. The van der Waals surface area contributed by atoms with E-state index in [-0.39, 0.29) is 23.1 Å². The highest BCUT2D eigenvalue weighted by atomic mass is 19.1. The first-order valence-electron chi connectivity index (χ1n) is 9.24. The number of aromatic nitrogens is 2. The number of nitrogens with zero attached hydrogens (tertiary/aromatic N) is 3. The molecule has 2 fully saturated rings. The van der Waals surface area contributed by atoms with E-state index < -0.39 is 23.7 Å². The molecule has 3 unspecified atom stereocenters. The number of rotatable bonds is 3. The van der Waals surface area contributed by atoms with Crippen molar-refractivity contribution in [2.45, 2.75) is 39.2 Å². The third-order valence-electron chi connectivity index (χ3n) is 5.84. The summed E-state index contributed by atoms with van der Waals surface area (Å²) in [5, 5.41) is 13.9. The molecule has 2 aromatic rings. The van der Waals surface area contributed by atoms with E-state index in [2.05, 4.69) is 5.10 Å². The Kier molecular flexibility index (Phi) is 4.25. The number of hydrogen-bond donors (Lipinski definition) is 1. The van der Waals surface area contributed by atoms with E-state index in [1.807, 2.05) is 19.9 Å². The van der Waals surface area contributed by atoms with Crippen LogP contribution < -0.4 is 0 Å². The highest BCUT2D eigenvalue weighted by Crippen LogP contribution is 2.42. The van der Waals surface area contributed by atoms with Gasteiger partial charge >= 0.3 is 5.97 Å². The van der Waals surface area contributed by atoms with Gasteiger partial charge in [-0.3, -0.25) is 4.79 Å². The standard InChI is InChI=1S/C20H22FN3O3/c1-11-8-12(2)24(22-11)17-7-6-13(9-16(17)21)19(25)23-10-14-4-3-5-15(14)18(23)20(26)27/h6-9,14-15,18H,3-5,10H2,1-2H3,(H,26,27). The summed E-state index contributed by atoms with van der Waals surface area (Å²) < 4.78 is 16.2. The van der Waals surface area contributed by atoms with Crippen molar-refractivity contribution in [1.29, 1.82) is 0 Å². The van der Waals surface area contributed by atoms with Gasteiger partial charge in [-0.15, -0.1) is 0 Å². The van der Waals surface area contributed by atoms with Crippen LogP contribution >= 0.6 is 0 Å². The second-order valence-corrected chi connectivity index (χ2v) is 7.60. The lowest BCUT2D eigenvalue weighted by molar-refractivity contribution is -0.142. The van der Waals surface area contributed by atoms with Crippen LogP contribution in [0.5, 0.6) is 0 Å². The zero-order valence-electron chi connectivity index (χ0n) is 15.4. The van der Waals surface area contributed by atoms with Crippen molar-refractivity contribution in [3.05, 3.63) is 47.0 Å². The van der Waals surface area contributed by atoms with Gasteiger partial charge in [0.05, 0.1) is 5.69 Å². The third kappa shape index (κ3) is 2.91. The fourth-order valence-corrected chi connectivity index (χ4v) is 4.68. The Hall–Kier alpha value is -2.70. The number of aryl methyl sites for hydroxylation is 2. The summed E-state index contributed by atoms with van der Waals surface area (Å²) in [4.78, 5) is 26.1. The van der Waals surface area contributed by atoms with Gasteiger partial charge in [-0.05, 0) is 62.8 Å². The molecule has 0 spiro atoms. The van der Waals surface area contributed by atoms with E-state index in [0.29, 0.717) is 6.54 Å². The van der Waals surface area contributed by atoms with Gasteiger partial charge in [-0.25, -0.2) is 13.9 Å². The fourth-order valence-electron chi connectivity index (χ4n) is 4.68. The van der Waals surface area contributed by atoms with Crippen LogP contribution in [0, 0.1) is 31.5 Å². The Morgan fingerprint density at radius 3 is 2.63 bits per heavy atom.